The monoisotopic (exact) mass is 326 g/mol. The molecule has 2 atom stereocenters. The van der Waals surface area contributed by atoms with Gasteiger partial charge in [-0.05, 0) is 30.7 Å². The van der Waals surface area contributed by atoms with E-state index in [1.807, 2.05) is 25.1 Å². The predicted molar refractivity (Wildman–Crippen MR) is 82.4 cm³/mol. The van der Waals surface area contributed by atoms with Crippen molar-refractivity contribution in [3.05, 3.63) is 35.9 Å². The minimum absolute atomic E-state index is 0.0792. The third-order valence-electron chi connectivity index (χ3n) is 3.44. The van der Waals surface area contributed by atoms with Crippen LogP contribution >= 0.6 is 15.9 Å². The van der Waals surface area contributed by atoms with Crippen LogP contribution in [-0.2, 0) is 16.0 Å². The highest BCUT2D eigenvalue weighted by molar-refractivity contribution is 9.09. The zero-order valence-electron chi connectivity index (χ0n) is 11.9. The van der Waals surface area contributed by atoms with Gasteiger partial charge in [0.2, 0.25) is 0 Å². The van der Waals surface area contributed by atoms with Crippen molar-refractivity contribution >= 4 is 21.9 Å². The van der Waals surface area contributed by atoms with E-state index >= 15 is 0 Å². The van der Waals surface area contributed by atoms with Crippen LogP contribution in [0.1, 0.15) is 26.3 Å². The number of ether oxygens (including phenoxy) is 1. The third-order valence-corrected chi connectivity index (χ3v) is 4.19. The summed E-state index contributed by atoms with van der Waals surface area (Å²) in [5.41, 5.74) is 1.19. The quantitative estimate of drug-likeness (QED) is 0.557. The first kappa shape index (κ1) is 16.2. The van der Waals surface area contributed by atoms with Gasteiger partial charge in [-0.3, -0.25) is 4.79 Å². The van der Waals surface area contributed by atoms with Crippen LogP contribution in [0, 0.1) is 17.8 Å². The van der Waals surface area contributed by atoms with Gasteiger partial charge < -0.3 is 4.74 Å². The van der Waals surface area contributed by atoms with Gasteiger partial charge in [-0.2, -0.15) is 0 Å². The van der Waals surface area contributed by atoms with E-state index in [4.69, 9.17) is 4.74 Å². The van der Waals surface area contributed by atoms with Crippen molar-refractivity contribution in [3.8, 4) is 0 Å². The van der Waals surface area contributed by atoms with Gasteiger partial charge in [0, 0.05) is 5.33 Å². The maximum atomic E-state index is 12.2. The van der Waals surface area contributed by atoms with Crippen LogP contribution in [0.2, 0.25) is 0 Å². The Balaban J connectivity index is 2.88. The summed E-state index contributed by atoms with van der Waals surface area (Å²) in [7, 11) is 0. The molecule has 0 saturated heterocycles. The second kappa shape index (κ2) is 8.36. The highest BCUT2D eigenvalue weighted by atomic mass is 79.9. The average Bonchev–Trinajstić information content (AvgIpc) is 2.39. The SMILES string of the molecule is CCOC(=O)C(Cc1ccccc1)[C@H](CBr)C(C)C. The minimum atomic E-state index is -0.0817. The van der Waals surface area contributed by atoms with E-state index in [9.17, 15) is 4.79 Å². The summed E-state index contributed by atoms with van der Waals surface area (Å²) in [6.07, 6.45) is 0.744. The Kier molecular flexibility index (Phi) is 7.14. The molecule has 0 spiro atoms. The van der Waals surface area contributed by atoms with Gasteiger partial charge in [-0.15, -0.1) is 0 Å². The lowest BCUT2D eigenvalue weighted by molar-refractivity contribution is -0.150. The molecular formula is C16H23BrO2. The van der Waals surface area contributed by atoms with Crippen molar-refractivity contribution in [1.29, 1.82) is 0 Å². The van der Waals surface area contributed by atoms with E-state index in [2.05, 4.69) is 41.9 Å². The van der Waals surface area contributed by atoms with Crippen LogP contribution in [0.5, 0.6) is 0 Å². The molecule has 1 aromatic rings. The van der Waals surface area contributed by atoms with E-state index in [0.717, 1.165) is 11.8 Å². The molecular weight excluding hydrogens is 304 g/mol. The summed E-state index contributed by atoms with van der Waals surface area (Å²) in [5, 5.41) is 0.820. The van der Waals surface area contributed by atoms with E-state index < -0.39 is 0 Å². The first-order chi connectivity index (χ1) is 9.10. The molecule has 106 valence electrons. The molecule has 0 aliphatic heterocycles. The number of benzene rings is 1. The molecule has 0 N–H and O–H groups in total. The summed E-state index contributed by atoms with van der Waals surface area (Å²) >= 11 is 3.54. The second-order valence-corrected chi connectivity index (χ2v) is 5.76. The van der Waals surface area contributed by atoms with E-state index in [0.29, 0.717) is 18.4 Å². The maximum Gasteiger partial charge on any atom is 0.309 e. The first-order valence-corrected chi connectivity index (χ1v) is 7.98. The van der Waals surface area contributed by atoms with Gasteiger partial charge in [0.05, 0.1) is 12.5 Å². The molecule has 0 heterocycles. The standard InChI is InChI=1S/C16H23BrO2/c1-4-19-16(18)14(15(11-17)12(2)3)10-13-8-6-5-7-9-13/h5-9,12,14-15H,4,10-11H2,1-3H3/t14?,15-/m1/s1. The van der Waals surface area contributed by atoms with Crippen LogP contribution in [0.4, 0.5) is 0 Å². The Hall–Kier alpha value is -0.830. The summed E-state index contributed by atoms with van der Waals surface area (Å²) in [6.45, 7) is 6.61. The zero-order chi connectivity index (χ0) is 14.3. The fourth-order valence-corrected chi connectivity index (χ4v) is 3.48. The molecule has 0 aliphatic rings. The Morgan fingerprint density at radius 3 is 2.37 bits per heavy atom. The summed E-state index contributed by atoms with van der Waals surface area (Å²) in [4.78, 5) is 12.2. The first-order valence-electron chi connectivity index (χ1n) is 6.86. The molecule has 0 saturated carbocycles. The molecule has 0 radical (unpaired) electrons. The minimum Gasteiger partial charge on any atom is -0.466 e. The van der Waals surface area contributed by atoms with E-state index in [1.54, 1.807) is 0 Å². The maximum absolute atomic E-state index is 12.2. The predicted octanol–water partition coefficient (Wildman–Crippen LogP) is 4.08. The molecule has 1 rings (SSSR count). The third kappa shape index (κ3) is 4.98. The highest BCUT2D eigenvalue weighted by Crippen LogP contribution is 2.27. The summed E-state index contributed by atoms with van der Waals surface area (Å²) in [5.74, 6) is 0.572. The van der Waals surface area contributed by atoms with E-state index in [-0.39, 0.29) is 11.9 Å². The van der Waals surface area contributed by atoms with Crippen LogP contribution < -0.4 is 0 Å². The van der Waals surface area contributed by atoms with Crippen molar-refractivity contribution in [1.82, 2.24) is 0 Å². The lowest BCUT2D eigenvalue weighted by Gasteiger charge is -2.27. The molecule has 1 unspecified atom stereocenters. The van der Waals surface area contributed by atoms with Crippen LogP contribution in [0.25, 0.3) is 0 Å². The van der Waals surface area contributed by atoms with Gasteiger partial charge in [-0.25, -0.2) is 0 Å². The fraction of sp³-hybridized carbons (Fsp3) is 0.562. The molecule has 0 bridgehead atoms. The fourth-order valence-electron chi connectivity index (χ4n) is 2.28. The number of carbonyl (C=O) groups excluding carboxylic acids is 1. The molecule has 2 nitrogen and oxygen atoms in total. The molecule has 0 amide bonds. The Labute approximate surface area is 124 Å². The second-order valence-electron chi connectivity index (χ2n) is 5.11. The Bertz CT molecular complexity index is 376. The van der Waals surface area contributed by atoms with Gasteiger partial charge in [0.25, 0.3) is 0 Å². The van der Waals surface area contributed by atoms with Crippen molar-refractivity contribution < 1.29 is 9.53 Å². The number of halogens is 1. The lowest BCUT2D eigenvalue weighted by atomic mass is 9.81. The van der Waals surface area contributed by atoms with Gasteiger partial charge >= 0.3 is 5.97 Å². The van der Waals surface area contributed by atoms with Gasteiger partial charge in [0.15, 0.2) is 0 Å². The average molecular weight is 327 g/mol. The van der Waals surface area contributed by atoms with Crippen LogP contribution in [0.15, 0.2) is 30.3 Å². The molecule has 0 fully saturated rings. The summed E-state index contributed by atoms with van der Waals surface area (Å²) in [6, 6.07) is 10.1. The van der Waals surface area contributed by atoms with Crippen LogP contribution in [-0.4, -0.2) is 17.9 Å². The molecule has 19 heavy (non-hydrogen) atoms. The van der Waals surface area contributed by atoms with Crippen molar-refractivity contribution in [2.45, 2.75) is 27.2 Å². The molecule has 3 heteroatoms. The van der Waals surface area contributed by atoms with E-state index in [1.165, 1.54) is 5.56 Å². The van der Waals surface area contributed by atoms with Crippen molar-refractivity contribution in [3.63, 3.8) is 0 Å². The van der Waals surface area contributed by atoms with Gasteiger partial charge in [0.1, 0.15) is 0 Å². The Morgan fingerprint density at radius 1 is 1.26 bits per heavy atom. The topological polar surface area (TPSA) is 26.3 Å². The molecule has 0 aromatic heterocycles. The van der Waals surface area contributed by atoms with Crippen LogP contribution in [0.3, 0.4) is 0 Å². The lowest BCUT2D eigenvalue weighted by Crippen LogP contribution is -2.32. The normalized spacial score (nSPS) is 14.2. The number of hydrogen-bond donors (Lipinski definition) is 0. The number of rotatable bonds is 7. The number of alkyl halides is 1. The Morgan fingerprint density at radius 2 is 1.89 bits per heavy atom. The number of hydrogen-bond acceptors (Lipinski definition) is 2. The number of carbonyl (C=O) groups is 1. The highest BCUT2D eigenvalue weighted by Gasteiger charge is 2.31. The number of esters is 1. The molecule has 1 aromatic carbocycles. The smallest absolute Gasteiger partial charge is 0.309 e. The van der Waals surface area contributed by atoms with Crippen molar-refractivity contribution in [2.75, 3.05) is 11.9 Å². The van der Waals surface area contributed by atoms with Crippen molar-refractivity contribution in [2.24, 2.45) is 17.8 Å². The molecule has 0 aliphatic carbocycles. The zero-order valence-corrected chi connectivity index (χ0v) is 13.5. The van der Waals surface area contributed by atoms with Gasteiger partial charge in [-0.1, -0.05) is 60.1 Å². The summed E-state index contributed by atoms with van der Waals surface area (Å²) < 4.78 is 5.25. The largest absolute Gasteiger partial charge is 0.466 e.